The van der Waals surface area contributed by atoms with Gasteiger partial charge in [0.05, 0.1) is 18.6 Å². The summed E-state index contributed by atoms with van der Waals surface area (Å²) in [4.78, 5) is 29.9. The van der Waals surface area contributed by atoms with Gasteiger partial charge in [-0.15, -0.1) is 0 Å². The Morgan fingerprint density at radius 3 is 2.63 bits per heavy atom. The van der Waals surface area contributed by atoms with Crippen molar-refractivity contribution in [3.05, 3.63) is 35.4 Å². The van der Waals surface area contributed by atoms with Crippen LogP contribution >= 0.6 is 0 Å². The number of amides is 2. The van der Waals surface area contributed by atoms with Crippen molar-refractivity contribution in [2.75, 3.05) is 40.4 Å². The summed E-state index contributed by atoms with van der Waals surface area (Å²) in [5, 5.41) is 3.22. The number of nitrogens with zero attached hydrogens (tertiary/aromatic N) is 2. The molecule has 148 valence electrons. The summed E-state index contributed by atoms with van der Waals surface area (Å²) in [5.41, 5.74) is 2.17. The lowest BCUT2D eigenvalue weighted by molar-refractivity contribution is -0.129. The maximum atomic E-state index is 13.1. The SMILES string of the molecule is COCCN1C(=O)C[C@@H](C(=O)NC2CCN(C)CC2)[C@@H]1c1ccccc1C. The second-order valence-electron chi connectivity index (χ2n) is 7.78. The van der Waals surface area contributed by atoms with Gasteiger partial charge in [-0.3, -0.25) is 9.59 Å². The van der Waals surface area contributed by atoms with E-state index in [4.69, 9.17) is 4.74 Å². The average Bonchev–Trinajstić information content (AvgIpc) is 2.98. The highest BCUT2D eigenvalue weighted by Crippen LogP contribution is 2.39. The van der Waals surface area contributed by atoms with Gasteiger partial charge in [-0.1, -0.05) is 24.3 Å². The molecule has 27 heavy (non-hydrogen) atoms. The molecule has 0 bridgehead atoms. The molecule has 0 aromatic heterocycles. The molecular formula is C21H31N3O3. The Balaban J connectivity index is 1.80. The van der Waals surface area contributed by atoms with Crippen molar-refractivity contribution in [3.8, 4) is 0 Å². The van der Waals surface area contributed by atoms with Crippen LogP contribution in [-0.2, 0) is 14.3 Å². The smallest absolute Gasteiger partial charge is 0.226 e. The van der Waals surface area contributed by atoms with E-state index in [9.17, 15) is 9.59 Å². The number of hydrogen-bond donors (Lipinski definition) is 1. The van der Waals surface area contributed by atoms with Gasteiger partial charge in [-0.2, -0.15) is 0 Å². The Hall–Kier alpha value is -1.92. The third-order valence-electron chi connectivity index (χ3n) is 5.88. The van der Waals surface area contributed by atoms with Crippen molar-refractivity contribution in [1.82, 2.24) is 15.1 Å². The predicted octanol–water partition coefficient (Wildman–Crippen LogP) is 1.74. The van der Waals surface area contributed by atoms with E-state index in [1.165, 1.54) is 0 Å². The summed E-state index contributed by atoms with van der Waals surface area (Å²) < 4.78 is 5.19. The molecule has 0 spiro atoms. The fourth-order valence-corrected chi connectivity index (χ4v) is 4.24. The molecule has 0 saturated carbocycles. The van der Waals surface area contributed by atoms with Crippen molar-refractivity contribution in [2.45, 2.75) is 38.3 Å². The van der Waals surface area contributed by atoms with Crippen LogP contribution in [0.2, 0.25) is 0 Å². The number of carbonyl (C=O) groups is 2. The number of rotatable bonds is 6. The zero-order chi connectivity index (χ0) is 19.4. The van der Waals surface area contributed by atoms with E-state index in [2.05, 4.69) is 17.3 Å². The Bertz CT molecular complexity index is 670. The molecule has 0 radical (unpaired) electrons. The molecule has 2 heterocycles. The second-order valence-corrected chi connectivity index (χ2v) is 7.78. The monoisotopic (exact) mass is 373 g/mol. The molecule has 2 atom stereocenters. The van der Waals surface area contributed by atoms with Crippen LogP contribution in [0.4, 0.5) is 0 Å². The molecule has 3 rings (SSSR count). The number of aryl methyl sites for hydroxylation is 1. The topological polar surface area (TPSA) is 61.9 Å². The molecule has 6 heteroatoms. The first kappa shape index (κ1) is 19.8. The lowest BCUT2D eigenvalue weighted by atomic mass is 9.89. The van der Waals surface area contributed by atoms with Crippen LogP contribution in [0.1, 0.15) is 36.4 Å². The normalized spacial score (nSPS) is 24.4. The molecular weight excluding hydrogens is 342 g/mol. The largest absolute Gasteiger partial charge is 0.383 e. The van der Waals surface area contributed by atoms with E-state index in [1.807, 2.05) is 36.1 Å². The molecule has 1 aromatic carbocycles. The first-order valence-corrected chi connectivity index (χ1v) is 9.84. The number of likely N-dealkylation sites (tertiary alicyclic amines) is 2. The van der Waals surface area contributed by atoms with Gasteiger partial charge in [0.25, 0.3) is 0 Å². The van der Waals surface area contributed by atoms with E-state index >= 15 is 0 Å². The minimum atomic E-state index is -0.352. The minimum Gasteiger partial charge on any atom is -0.383 e. The number of benzene rings is 1. The number of carbonyl (C=O) groups excluding carboxylic acids is 2. The highest BCUT2D eigenvalue weighted by Gasteiger charge is 2.45. The van der Waals surface area contributed by atoms with E-state index in [-0.39, 0.29) is 36.2 Å². The molecule has 1 aromatic rings. The molecule has 6 nitrogen and oxygen atoms in total. The molecule has 0 aliphatic carbocycles. The number of methoxy groups -OCH3 is 1. The van der Waals surface area contributed by atoms with Crippen LogP contribution in [-0.4, -0.2) is 68.1 Å². The Morgan fingerprint density at radius 2 is 1.96 bits per heavy atom. The number of nitrogens with one attached hydrogen (secondary N) is 1. The van der Waals surface area contributed by atoms with Gasteiger partial charge in [0.1, 0.15) is 0 Å². The van der Waals surface area contributed by atoms with Gasteiger partial charge in [0, 0.05) is 26.1 Å². The number of ether oxygens (including phenoxy) is 1. The van der Waals surface area contributed by atoms with Gasteiger partial charge < -0.3 is 19.9 Å². The van der Waals surface area contributed by atoms with Gasteiger partial charge in [0.2, 0.25) is 11.8 Å². The highest BCUT2D eigenvalue weighted by molar-refractivity contribution is 5.90. The fraction of sp³-hybridized carbons (Fsp3) is 0.619. The van der Waals surface area contributed by atoms with Crippen molar-refractivity contribution >= 4 is 11.8 Å². The fourth-order valence-electron chi connectivity index (χ4n) is 4.24. The quantitative estimate of drug-likeness (QED) is 0.825. The number of hydrogen-bond acceptors (Lipinski definition) is 4. The van der Waals surface area contributed by atoms with Crippen LogP contribution in [0.5, 0.6) is 0 Å². The van der Waals surface area contributed by atoms with Crippen LogP contribution in [0, 0.1) is 12.8 Å². The summed E-state index contributed by atoms with van der Waals surface area (Å²) in [6.45, 7) is 5.01. The third kappa shape index (κ3) is 4.50. The lowest BCUT2D eigenvalue weighted by Gasteiger charge is -2.32. The predicted molar refractivity (Wildman–Crippen MR) is 104 cm³/mol. The molecule has 2 aliphatic rings. The Kier molecular flexibility index (Phi) is 6.50. The van der Waals surface area contributed by atoms with Crippen LogP contribution in [0.25, 0.3) is 0 Å². The Morgan fingerprint density at radius 1 is 1.26 bits per heavy atom. The maximum absolute atomic E-state index is 13.1. The Labute approximate surface area is 161 Å². The van der Waals surface area contributed by atoms with Crippen molar-refractivity contribution in [3.63, 3.8) is 0 Å². The van der Waals surface area contributed by atoms with E-state index < -0.39 is 0 Å². The van der Waals surface area contributed by atoms with Gasteiger partial charge >= 0.3 is 0 Å². The average molecular weight is 373 g/mol. The van der Waals surface area contributed by atoms with Gasteiger partial charge in [0.15, 0.2) is 0 Å². The first-order valence-electron chi connectivity index (χ1n) is 9.84. The van der Waals surface area contributed by atoms with E-state index in [0.29, 0.717) is 13.2 Å². The molecule has 2 fully saturated rings. The number of piperidine rings is 1. The summed E-state index contributed by atoms with van der Waals surface area (Å²) in [7, 11) is 3.74. The van der Waals surface area contributed by atoms with Crippen molar-refractivity contribution in [2.24, 2.45) is 5.92 Å². The van der Waals surface area contributed by atoms with Crippen molar-refractivity contribution < 1.29 is 14.3 Å². The summed E-state index contributed by atoms with van der Waals surface area (Å²) in [6, 6.07) is 8.02. The van der Waals surface area contributed by atoms with Crippen LogP contribution in [0.15, 0.2) is 24.3 Å². The standard InChI is InChI=1S/C21H31N3O3/c1-15-6-4-5-7-17(15)20-18(14-19(25)24(20)12-13-27-3)21(26)22-16-8-10-23(2)11-9-16/h4-7,16,18,20H,8-14H2,1-3H3,(H,22,26)/t18-,20+/m1/s1. The molecule has 2 aliphatic heterocycles. The second kappa shape index (κ2) is 8.85. The van der Waals surface area contributed by atoms with Gasteiger partial charge in [-0.05, 0) is 51.0 Å². The highest BCUT2D eigenvalue weighted by atomic mass is 16.5. The summed E-state index contributed by atoms with van der Waals surface area (Å²) in [6.07, 6.45) is 2.19. The molecule has 1 N–H and O–H groups in total. The van der Waals surface area contributed by atoms with E-state index in [0.717, 1.165) is 37.1 Å². The molecule has 2 saturated heterocycles. The van der Waals surface area contributed by atoms with E-state index in [1.54, 1.807) is 7.11 Å². The van der Waals surface area contributed by atoms with Gasteiger partial charge in [-0.25, -0.2) is 0 Å². The zero-order valence-electron chi connectivity index (χ0n) is 16.6. The molecule has 2 amide bonds. The minimum absolute atomic E-state index is 0.00562. The van der Waals surface area contributed by atoms with Crippen LogP contribution in [0.3, 0.4) is 0 Å². The summed E-state index contributed by atoms with van der Waals surface area (Å²) >= 11 is 0. The maximum Gasteiger partial charge on any atom is 0.226 e. The van der Waals surface area contributed by atoms with Crippen LogP contribution < -0.4 is 5.32 Å². The lowest BCUT2D eigenvalue weighted by Crippen LogP contribution is -2.46. The zero-order valence-corrected chi connectivity index (χ0v) is 16.6. The summed E-state index contributed by atoms with van der Waals surface area (Å²) in [5.74, 6) is -0.315. The first-order chi connectivity index (χ1) is 13.0. The molecule has 0 unspecified atom stereocenters. The third-order valence-corrected chi connectivity index (χ3v) is 5.88. The van der Waals surface area contributed by atoms with Crippen molar-refractivity contribution in [1.29, 1.82) is 0 Å².